The van der Waals surface area contributed by atoms with E-state index in [1.165, 1.54) is 12.1 Å². The number of benzene rings is 1. The topological polar surface area (TPSA) is 32.9 Å². The van der Waals surface area contributed by atoms with Crippen molar-refractivity contribution in [3.63, 3.8) is 0 Å². The summed E-state index contributed by atoms with van der Waals surface area (Å²) in [6.45, 7) is 0. The molecular formula is C11H5Cl3FNO. The highest BCUT2D eigenvalue weighted by atomic mass is 35.5. The van der Waals surface area contributed by atoms with Crippen molar-refractivity contribution in [1.82, 2.24) is 4.98 Å². The molecular weight excluding hydrogens is 287 g/mol. The molecule has 0 spiro atoms. The molecule has 0 unspecified atom stereocenters. The highest BCUT2D eigenvalue weighted by molar-refractivity contribution is 6.44. The van der Waals surface area contributed by atoms with Crippen LogP contribution in [0.2, 0.25) is 15.1 Å². The van der Waals surface area contributed by atoms with E-state index >= 15 is 0 Å². The van der Waals surface area contributed by atoms with Gasteiger partial charge in [0, 0.05) is 23.4 Å². The van der Waals surface area contributed by atoms with Crippen molar-refractivity contribution in [3.05, 3.63) is 55.6 Å². The van der Waals surface area contributed by atoms with Gasteiger partial charge >= 0.3 is 0 Å². The molecule has 1 aromatic carbocycles. The summed E-state index contributed by atoms with van der Waals surface area (Å²) < 4.78 is 13.6. The first kappa shape index (κ1) is 12.4. The number of rotatable bonds is 1. The molecule has 2 nitrogen and oxygen atoms in total. The van der Waals surface area contributed by atoms with Gasteiger partial charge in [-0.2, -0.15) is 0 Å². The van der Waals surface area contributed by atoms with Crippen molar-refractivity contribution in [2.24, 2.45) is 0 Å². The Labute approximate surface area is 111 Å². The monoisotopic (exact) mass is 291 g/mol. The van der Waals surface area contributed by atoms with Crippen molar-refractivity contribution >= 4 is 34.8 Å². The Bertz CT molecular complexity index is 639. The van der Waals surface area contributed by atoms with E-state index in [1.807, 2.05) is 0 Å². The molecule has 1 aromatic heterocycles. The molecule has 6 heteroatoms. The van der Waals surface area contributed by atoms with Crippen LogP contribution in [-0.2, 0) is 0 Å². The molecule has 0 amide bonds. The highest BCUT2D eigenvalue weighted by Gasteiger charge is 2.12. The van der Waals surface area contributed by atoms with Crippen LogP contribution in [0.1, 0.15) is 0 Å². The largest absolute Gasteiger partial charge is 0.326 e. The number of hydrogen-bond acceptors (Lipinski definition) is 1. The summed E-state index contributed by atoms with van der Waals surface area (Å²) in [5.74, 6) is -0.593. The number of nitrogens with one attached hydrogen (secondary N) is 1. The lowest BCUT2D eigenvalue weighted by molar-refractivity contribution is 0.624. The van der Waals surface area contributed by atoms with Crippen LogP contribution in [0, 0.1) is 5.82 Å². The van der Waals surface area contributed by atoms with E-state index in [9.17, 15) is 9.18 Å². The first-order valence-corrected chi connectivity index (χ1v) is 5.65. The zero-order chi connectivity index (χ0) is 12.6. The molecule has 0 fully saturated rings. The third-order valence-corrected chi connectivity index (χ3v) is 3.21. The lowest BCUT2D eigenvalue weighted by Gasteiger charge is -2.07. The molecule has 0 aliphatic carbocycles. The molecule has 0 saturated carbocycles. The molecule has 0 radical (unpaired) electrons. The van der Waals surface area contributed by atoms with Gasteiger partial charge in [-0.25, -0.2) is 4.39 Å². The van der Waals surface area contributed by atoms with Crippen LogP contribution < -0.4 is 5.56 Å². The summed E-state index contributed by atoms with van der Waals surface area (Å²) >= 11 is 17.5. The fourth-order valence-electron chi connectivity index (χ4n) is 1.39. The molecule has 2 aromatic rings. The van der Waals surface area contributed by atoms with Crippen molar-refractivity contribution in [2.75, 3.05) is 0 Å². The van der Waals surface area contributed by atoms with Crippen molar-refractivity contribution < 1.29 is 4.39 Å². The first-order chi connectivity index (χ1) is 7.99. The minimum absolute atomic E-state index is 0.0808. The molecule has 0 saturated heterocycles. The molecule has 1 heterocycles. The second-order valence-corrected chi connectivity index (χ2v) is 4.53. The Morgan fingerprint density at radius 3 is 2.29 bits per heavy atom. The summed E-state index contributed by atoms with van der Waals surface area (Å²) in [5, 5.41) is 0.736. The maximum Gasteiger partial charge on any atom is 0.248 e. The van der Waals surface area contributed by atoms with Gasteiger partial charge in [0.15, 0.2) is 0 Å². The fourth-order valence-corrected chi connectivity index (χ4v) is 2.04. The molecule has 2 rings (SSSR count). The van der Waals surface area contributed by atoms with Gasteiger partial charge in [0.1, 0.15) is 5.82 Å². The highest BCUT2D eigenvalue weighted by Crippen LogP contribution is 2.35. The van der Waals surface area contributed by atoms with E-state index in [0.29, 0.717) is 5.56 Å². The summed E-state index contributed by atoms with van der Waals surface area (Å²) in [4.78, 5) is 13.4. The Hall–Kier alpha value is -1.03. The minimum Gasteiger partial charge on any atom is -0.326 e. The first-order valence-electron chi connectivity index (χ1n) is 4.52. The lowest BCUT2D eigenvalue weighted by atomic mass is 10.1. The van der Waals surface area contributed by atoms with Crippen molar-refractivity contribution in [1.29, 1.82) is 0 Å². The van der Waals surface area contributed by atoms with Gasteiger partial charge in [-0.3, -0.25) is 4.79 Å². The second-order valence-electron chi connectivity index (χ2n) is 3.31. The lowest BCUT2D eigenvalue weighted by Crippen LogP contribution is -2.05. The SMILES string of the molecule is O=c1cc(-c2cc(Cl)c(Cl)cc2Cl)c(F)c[nH]1. The summed E-state index contributed by atoms with van der Waals surface area (Å²) in [5.41, 5.74) is -0.0227. The predicted molar refractivity (Wildman–Crippen MR) is 67.5 cm³/mol. The molecule has 0 aliphatic heterocycles. The average molecular weight is 293 g/mol. The van der Waals surface area contributed by atoms with Gasteiger partial charge in [0.05, 0.1) is 15.1 Å². The molecule has 17 heavy (non-hydrogen) atoms. The van der Waals surface area contributed by atoms with Crippen LogP contribution in [-0.4, -0.2) is 4.98 Å². The van der Waals surface area contributed by atoms with Crippen LogP contribution in [0.4, 0.5) is 4.39 Å². The quantitative estimate of drug-likeness (QED) is 0.787. The Morgan fingerprint density at radius 1 is 0.941 bits per heavy atom. The Morgan fingerprint density at radius 2 is 1.59 bits per heavy atom. The molecule has 0 aliphatic rings. The molecule has 0 atom stereocenters. The number of aromatic nitrogens is 1. The zero-order valence-electron chi connectivity index (χ0n) is 8.23. The van der Waals surface area contributed by atoms with E-state index < -0.39 is 11.4 Å². The number of pyridine rings is 1. The van der Waals surface area contributed by atoms with Gasteiger partial charge in [-0.1, -0.05) is 34.8 Å². The van der Waals surface area contributed by atoms with Crippen LogP contribution >= 0.6 is 34.8 Å². The molecule has 0 bridgehead atoms. The van der Waals surface area contributed by atoms with E-state index in [2.05, 4.69) is 4.98 Å². The van der Waals surface area contributed by atoms with Gasteiger partial charge < -0.3 is 4.98 Å². The van der Waals surface area contributed by atoms with Gasteiger partial charge in [0.2, 0.25) is 5.56 Å². The van der Waals surface area contributed by atoms with E-state index in [1.54, 1.807) is 0 Å². The third kappa shape index (κ3) is 2.46. The van der Waals surface area contributed by atoms with E-state index in [0.717, 1.165) is 12.3 Å². The number of aromatic amines is 1. The third-order valence-electron chi connectivity index (χ3n) is 2.17. The average Bonchev–Trinajstić information content (AvgIpc) is 2.27. The smallest absolute Gasteiger partial charge is 0.248 e. The number of H-pyrrole nitrogens is 1. The normalized spacial score (nSPS) is 10.6. The summed E-state index contributed by atoms with van der Waals surface area (Å²) in [6, 6.07) is 3.94. The van der Waals surface area contributed by atoms with Gasteiger partial charge in [0.25, 0.3) is 0 Å². The van der Waals surface area contributed by atoms with E-state index in [4.69, 9.17) is 34.8 Å². The number of halogens is 4. The Kier molecular flexibility index (Phi) is 3.43. The minimum atomic E-state index is -0.593. The number of hydrogen-bond donors (Lipinski definition) is 1. The Balaban J connectivity index is 2.72. The predicted octanol–water partition coefficient (Wildman–Crippen LogP) is 4.14. The van der Waals surface area contributed by atoms with Gasteiger partial charge in [-0.15, -0.1) is 0 Å². The second kappa shape index (κ2) is 4.69. The molecule has 1 N–H and O–H groups in total. The fraction of sp³-hybridized carbons (Fsp3) is 0. The van der Waals surface area contributed by atoms with Gasteiger partial charge in [-0.05, 0) is 12.1 Å². The van der Waals surface area contributed by atoms with E-state index in [-0.39, 0.29) is 20.6 Å². The zero-order valence-corrected chi connectivity index (χ0v) is 10.5. The maximum absolute atomic E-state index is 13.6. The van der Waals surface area contributed by atoms with Crippen LogP contribution in [0.25, 0.3) is 11.1 Å². The molecule has 88 valence electrons. The van der Waals surface area contributed by atoms with Crippen LogP contribution in [0.5, 0.6) is 0 Å². The summed E-state index contributed by atoms with van der Waals surface area (Å²) in [7, 11) is 0. The maximum atomic E-state index is 13.6. The van der Waals surface area contributed by atoms with Crippen molar-refractivity contribution in [3.8, 4) is 11.1 Å². The van der Waals surface area contributed by atoms with Crippen molar-refractivity contribution in [2.45, 2.75) is 0 Å². The standard InChI is InChI=1S/C11H5Cl3FNO/c12-7-3-9(14)8(13)1-5(7)6-2-11(17)16-4-10(6)15/h1-4H,(H,16,17). The summed E-state index contributed by atoms with van der Waals surface area (Å²) in [6.07, 6.45) is 0.969. The van der Waals surface area contributed by atoms with Crippen LogP contribution in [0.3, 0.4) is 0 Å². The van der Waals surface area contributed by atoms with Crippen LogP contribution in [0.15, 0.2) is 29.2 Å².